The van der Waals surface area contributed by atoms with Gasteiger partial charge >= 0.3 is 0 Å². The zero-order valence-electron chi connectivity index (χ0n) is 13.9. The molecule has 0 amide bonds. The van der Waals surface area contributed by atoms with Crippen LogP contribution in [0.25, 0.3) is 0 Å². The van der Waals surface area contributed by atoms with Crippen LogP contribution in [0.15, 0.2) is 24.3 Å². The van der Waals surface area contributed by atoms with Gasteiger partial charge in [-0.1, -0.05) is 19.8 Å². The third-order valence-corrected chi connectivity index (χ3v) is 3.61. The van der Waals surface area contributed by atoms with Crippen LogP contribution in [0.5, 0.6) is 5.75 Å². The van der Waals surface area contributed by atoms with Crippen LogP contribution >= 0.6 is 0 Å². The molecule has 0 aliphatic heterocycles. The molecule has 0 saturated heterocycles. The van der Waals surface area contributed by atoms with Crippen molar-refractivity contribution in [1.29, 1.82) is 0 Å². The Bertz CT molecular complexity index is 412. The highest BCUT2D eigenvalue weighted by molar-refractivity contribution is 5.97. The second-order valence-corrected chi connectivity index (χ2v) is 5.65. The smallest absolute Gasteiger partial charge is 0.176 e. The molecular formula is C18H29NO2. The molecule has 0 fully saturated rings. The van der Waals surface area contributed by atoms with Gasteiger partial charge < -0.3 is 4.74 Å². The summed E-state index contributed by atoms with van der Waals surface area (Å²) < 4.78 is 5.40. The number of rotatable bonds is 10. The zero-order chi connectivity index (χ0) is 15.7. The molecule has 0 aliphatic carbocycles. The van der Waals surface area contributed by atoms with Gasteiger partial charge in [-0.2, -0.15) is 0 Å². The second-order valence-electron chi connectivity index (χ2n) is 5.65. The van der Waals surface area contributed by atoms with E-state index in [2.05, 4.69) is 25.7 Å². The summed E-state index contributed by atoms with van der Waals surface area (Å²) in [6.07, 6.45) is 3.59. The molecule has 0 aromatic heterocycles. The van der Waals surface area contributed by atoms with Crippen LogP contribution in [0.1, 0.15) is 57.3 Å². The van der Waals surface area contributed by atoms with Crippen molar-refractivity contribution in [1.82, 2.24) is 4.90 Å². The van der Waals surface area contributed by atoms with Gasteiger partial charge in [-0.25, -0.2) is 0 Å². The molecule has 0 aliphatic rings. The minimum atomic E-state index is 0.184. The first-order valence-electron chi connectivity index (χ1n) is 8.08. The van der Waals surface area contributed by atoms with E-state index in [1.165, 1.54) is 12.8 Å². The van der Waals surface area contributed by atoms with Crippen LogP contribution < -0.4 is 4.74 Å². The lowest BCUT2D eigenvalue weighted by atomic mass is 10.1. The fourth-order valence-corrected chi connectivity index (χ4v) is 2.26. The van der Waals surface area contributed by atoms with Gasteiger partial charge in [0, 0.05) is 11.6 Å². The summed E-state index contributed by atoms with van der Waals surface area (Å²) in [4.78, 5) is 14.6. The lowest BCUT2D eigenvalue weighted by molar-refractivity contribution is 0.0904. The molecular weight excluding hydrogens is 262 g/mol. The molecule has 1 aromatic rings. The van der Waals surface area contributed by atoms with Gasteiger partial charge in [0.05, 0.1) is 13.2 Å². The summed E-state index contributed by atoms with van der Waals surface area (Å²) in [6.45, 7) is 10.6. The van der Waals surface area contributed by atoms with E-state index in [1.54, 1.807) is 0 Å². The number of ether oxygens (including phenoxy) is 1. The van der Waals surface area contributed by atoms with Crippen molar-refractivity contribution in [2.45, 2.75) is 53.0 Å². The Morgan fingerprint density at radius 2 is 1.81 bits per heavy atom. The Balaban J connectivity index is 2.59. The number of hydrogen-bond donors (Lipinski definition) is 0. The SMILES string of the molecule is CCCCCN(CC(=O)c1ccc(OCC)cc1)C(C)C. The fraction of sp³-hybridized carbons (Fsp3) is 0.611. The molecule has 1 rings (SSSR count). The molecule has 0 heterocycles. The minimum Gasteiger partial charge on any atom is -0.494 e. The first-order valence-corrected chi connectivity index (χ1v) is 8.08. The molecule has 0 unspecified atom stereocenters. The van der Waals surface area contributed by atoms with Crippen LogP contribution in [0.2, 0.25) is 0 Å². The topological polar surface area (TPSA) is 29.5 Å². The third-order valence-electron chi connectivity index (χ3n) is 3.61. The van der Waals surface area contributed by atoms with E-state index in [-0.39, 0.29) is 5.78 Å². The Morgan fingerprint density at radius 3 is 2.33 bits per heavy atom. The van der Waals surface area contributed by atoms with E-state index < -0.39 is 0 Å². The fourth-order valence-electron chi connectivity index (χ4n) is 2.26. The summed E-state index contributed by atoms with van der Waals surface area (Å²) in [5.74, 6) is 1.00. The minimum absolute atomic E-state index is 0.184. The predicted molar refractivity (Wildman–Crippen MR) is 88.2 cm³/mol. The monoisotopic (exact) mass is 291 g/mol. The predicted octanol–water partition coefficient (Wildman–Crippen LogP) is 4.17. The number of hydrogen-bond acceptors (Lipinski definition) is 3. The molecule has 3 nitrogen and oxygen atoms in total. The Hall–Kier alpha value is -1.35. The Labute approximate surface area is 129 Å². The summed E-state index contributed by atoms with van der Waals surface area (Å²) >= 11 is 0. The van der Waals surface area contributed by atoms with Gasteiger partial charge in [-0.3, -0.25) is 9.69 Å². The highest BCUT2D eigenvalue weighted by Gasteiger charge is 2.15. The largest absolute Gasteiger partial charge is 0.494 e. The number of ketones is 1. The Morgan fingerprint density at radius 1 is 1.14 bits per heavy atom. The summed E-state index contributed by atoms with van der Waals surface area (Å²) in [5.41, 5.74) is 0.764. The van der Waals surface area contributed by atoms with E-state index in [0.717, 1.165) is 24.3 Å². The van der Waals surface area contributed by atoms with Gasteiger partial charge in [0.25, 0.3) is 0 Å². The summed E-state index contributed by atoms with van der Waals surface area (Å²) in [7, 11) is 0. The standard InChI is InChI=1S/C18H29NO2/c1-5-7-8-13-19(15(3)4)14-18(20)16-9-11-17(12-10-16)21-6-2/h9-12,15H,5-8,13-14H2,1-4H3. The normalized spacial score (nSPS) is 11.1. The molecule has 0 radical (unpaired) electrons. The van der Waals surface area contributed by atoms with Gasteiger partial charge in [-0.05, 0) is 58.0 Å². The van der Waals surface area contributed by atoms with Gasteiger partial charge in [0.2, 0.25) is 0 Å². The van der Waals surface area contributed by atoms with Crippen molar-refractivity contribution < 1.29 is 9.53 Å². The number of Topliss-reactive ketones (excluding diaryl/α,β-unsaturated/α-hetero) is 1. The molecule has 0 saturated carbocycles. The molecule has 3 heteroatoms. The lowest BCUT2D eigenvalue weighted by Crippen LogP contribution is -2.36. The molecule has 1 aromatic carbocycles. The van der Waals surface area contributed by atoms with E-state index in [1.807, 2.05) is 31.2 Å². The van der Waals surface area contributed by atoms with Crippen LogP contribution in [0.4, 0.5) is 0 Å². The maximum Gasteiger partial charge on any atom is 0.176 e. The van der Waals surface area contributed by atoms with Crippen LogP contribution in [-0.2, 0) is 0 Å². The third kappa shape index (κ3) is 6.30. The first-order chi connectivity index (χ1) is 10.1. The maximum absolute atomic E-state index is 12.4. The number of benzene rings is 1. The van der Waals surface area contributed by atoms with Crippen molar-refractivity contribution in [3.05, 3.63) is 29.8 Å². The average Bonchev–Trinajstić information content (AvgIpc) is 2.47. The van der Waals surface area contributed by atoms with Crippen LogP contribution in [0.3, 0.4) is 0 Å². The molecule has 118 valence electrons. The molecule has 0 N–H and O–H groups in total. The quantitative estimate of drug-likeness (QED) is 0.478. The van der Waals surface area contributed by atoms with Crippen LogP contribution in [0, 0.1) is 0 Å². The van der Waals surface area contributed by atoms with Crippen molar-refractivity contribution in [2.75, 3.05) is 19.7 Å². The van der Waals surface area contributed by atoms with E-state index in [0.29, 0.717) is 19.2 Å². The Kier molecular flexibility index (Phi) is 8.06. The second kappa shape index (κ2) is 9.56. The maximum atomic E-state index is 12.4. The van der Waals surface area contributed by atoms with E-state index >= 15 is 0 Å². The number of unbranched alkanes of at least 4 members (excludes halogenated alkanes) is 2. The number of nitrogens with zero attached hydrogens (tertiary/aromatic N) is 1. The number of carbonyl (C=O) groups excluding carboxylic acids is 1. The zero-order valence-corrected chi connectivity index (χ0v) is 13.9. The van der Waals surface area contributed by atoms with E-state index in [4.69, 9.17) is 4.74 Å². The van der Waals surface area contributed by atoms with Crippen LogP contribution in [-0.4, -0.2) is 36.4 Å². The summed E-state index contributed by atoms with van der Waals surface area (Å²) in [5, 5.41) is 0. The van der Waals surface area contributed by atoms with E-state index in [9.17, 15) is 4.79 Å². The lowest BCUT2D eigenvalue weighted by Gasteiger charge is -2.25. The van der Waals surface area contributed by atoms with Crippen molar-refractivity contribution in [2.24, 2.45) is 0 Å². The molecule has 0 spiro atoms. The molecule has 0 atom stereocenters. The van der Waals surface area contributed by atoms with Gasteiger partial charge in [0.1, 0.15) is 5.75 Å². The highest BCUT2D eigenvalue weighted by atomic mass is 16.5. The summed E-state index contributed by atoms with van der Waals surface area (Å²) in [6, 6.07) is 7.85. The highest BCUT2D eigenvalue weighted by Crippen LogP contribution is 2.13. The van der Waals surface area contributed by atoms with Crippen molar-refractivity contribution in [3.8, 4) is 5.75 Å². The molecule has 21 heavy (non-hydrogen) atoms. The average molecular weight is 291 g/mol. The number of carbonyl (C=O) groups is 1. The van der Waals surface area contributed by atoms with Gasteiger partial charge in [0.15, 0.2) is 5.78 Å². The van der Waals surface area contributed by atoms with Gasteiger partial charge in [-0.15, -0.1) is 0 Å². The van der Waals surface area contributed by atoms with Crippen molar-refractivity contribution >= 4 is 5.78 Å². The molecule has 0 bridgehead atoms. The first kappa shape index (κ1) is 17.7. The van der Waals surface area contributed by atoms with Crippen molar-refractivity contribution in [3.63, 3.8) is 0 Å².